The molecule has 0 spiro atoms. The SMILES string of the molecule is CCCCCCCCOC(=O)CCNc1ccc(C)cc1. The lowest BCUT2D eigenvalue weighted by Gasteiger charge is -2.07. The third kappa shape index (κ3) is 9.11. The molecule has 0 fully saturated rings. The van der Waals surface area contributed by atoms with Gasteiger partial charge in [-0.25, -0.2) is 0 Å². The fraction of sp³-hybridized carbons (Fsp3) is 0.611. The van der Waals surface area contributed by atoms with Gasteiger partial charge in [0, 0.05) is 12.2 Å². The molecule has 0 radical (unpaired) electrons. The summed E-state index contributed by atoms with van der Waals surface area (Å²) < 4.78 is 5.23. The second-order valence-corrected chi connectivity index (χ2v) is 5.53. The van der Waals surface area contributed by atoms with Crippen molar-refractivity contribution >= 4 is 11.7 Å². The molecule has 1 aromatic carbocycles. The predicted octanol–water partition coefficient (Wildman–Crippen LogP) is 4.70. The van der Waals surface area contributed by atoms with Gasteiger partial charge >= 0.3 is 5.97 Å². The number of aryl methyl sites for hydroxylation is 1. The number of benzene rings is 1. The summed E-state index contributed by atoms with van der Waals surface area (Å²) in [5, 5.41) is 3.23. The number of esters is 1. The zero-order chi connectivity index (χ0) is 15.3. The predicted molar refractivity (Wildman–Crippen MR) is 88.6 cm³/mol. The zero-order valence-electron chi connectivity index (χ0n) is 13.5. The molecular weight excluding hydrogens is 262 g/mol. The Morgan fingerprint density at radius 3 is 2.43 bits per heavy atom. The van der Waals surface area contributed by atoms with Gasteiger partial charge in [-0.15, -0.1) is 0 Å². The normalized spacial score (nSPS) is 10.4. The molecule has 0 saturated heterocycles. The van der Waals surface area contributed by atoms with E-state index in [1.54, 1.807) is 0 Å². The van der Waals surface area contributed by atoms with E-state index >= 15 is 0 Å². The van der Waals surface area contributed by atoms with Crippen molar-refractivity contribution in [2.45, 2.75) is 58.8 Å². The highest BCUT2D eigenvalue weighted by atomic mass is 16.5. The van der Waals surface area contributed by atoms with E-state index in [4.69, 9.17) is 4.74 Å². The molecule has 1 aromatic rings. The molecule has 0 aromatic heterocycles. The van der Waals surface area contributed by atoms with Gasteiger partial charge in [-0.2, -0.15) is 0 Å². The van der Waals surface area contributed by atoms with Crippen molar-refractivity contribution in [1.82, 2.24) is 0 Å². The fourth-order valence-electron chi connectivity index (χ4n) is 2.12. The second-order valence-electron chi connectivity index (χ2n) is 5.53. The van der Waals surface area contributed by atoms with Crippen LogP contribution in [0.2, 0.25) is 0 Å². The molecule has 3 heteroatoms. The average molecular weight is 291 g/mol. The standard InChI is InChI=1S/C18H29NO2/c1-3-4-5-6-7-8-15-21-18(20)13-14-19-17-11-9-16(2)10-12-17/h9-12,19H,3-8,13-15H2,1-2H3. The van der Waals surface area contributed by atoms with Crippen LogP contribution in [0.15, 0.2) is 24.3 Å². The van der Waals surface area contributed by atoms with Crippen LogP contribution in [-0.2, 0) is 9.53 Å². The van der Waals surface area contributed by atoms with Crippen LogP contribution in [0.25, 0.3) is 0 Å². The summed E-state index contributed by atoms with van der Waals surface area (Å²) in [6.07, 6.45) is 7.69. The molecular formula is C18H29NO2. The summed E-state index contributed by atoms with van der Waals surface area (Å²) in [7, 11) is 0. The Balaban J connectivity index is 1.97. The summed E-state index contributed by atoms with van der Waals surface area (Å²) >= 11 is 0. The van der Waals surface area contributed by atoms with Gasteiger partial charge in [0.15, 0.2) is 0 Å². The summed E-state index contributed by atoms with van der Waals surface area (Å²) in [4.78, 5) is 11.6. The Bertz CT molecular complexity index is 387. The maximum Gasteiger partial charge on any atom is 0.307 e. The first-order valence-corrected chi connectivity index (χ1v) is 8.18. The van der Waals surface area contributed by atoms with Crippen LogP contribution in [0.1, 0.15) is 57.4 Å². The lowest BCUT2D eigenvalue weighted by atomic mass is 10.1. The maximum absolute atomic E-state index is 11.6. The van der Waals surface area contributed by atoms with Crippen LogP contribution < -0.4 is 5.32 Å². The molecule has 0 amide bonds. The maximum atomic E-state index is 11.6. The second kappa shape index (κ2) is 11.2. The van der Waals surface area contributed by atoms with Gasteiger partial charge in [0.1, 0.15) is 0 Å². The van der Waals surface area contributed by atoms with E-state index in [0.29, 0.717) is 19.6 Å². The van der Waals surface area contributed by atoms with Crippen molar-refractivity contribution in [3.63, 3.8) is 0 Å². The van der Waals surface area contributed by atoms with Gasteiger partial charge in [0.05, 0.1) is 13.0 Å². The number of carbonyl (C=O) groups excluding carboxylic acids is 1. The first kappa shape index (κ1) is 17.5. The van der Waals surface area contributed by atoms with Crippen molar-refractivity contribution in [3.05, 3.63) is 29.8 Å². The van der Waals surface area contributed by atoms with E-state index in [0.717, 1.165) is 18.5 Å². The van der Waals surface area contributed by atoms with E-state index in [2.05, 4.69) is 31.3 Å². The van der Waals surface area contributed by atoms with Crippen LogP contribution in [0.5, 0.6) is 0 Å². The Morgan fingerprint density at radius 2 is 1.71 bits per heavy atom. The van der Waals surface area contributed by atoms with Crippen molar-refractivity contribution in [2.24, 2.45) is 0 Å². The number of nitrogens with one attached hydrogen (secondary N) is 1. The number of rotatable bonds is 11. The smallest absolute Gasteiger partial charge is 0.307 e. The number of unbranched alkanes of at least 4 members (excludes halogenated alkanes) is 5. The summed E-state index contributed by atoms with van der Waals surface area (Å²) in [5.74, 6) is -0.108. The van der Waals surface area contributed by atoms with Crippen LogP contribution in [0, 0.1) is 6.92 Å². The topological polar surface area (TPSA) is 38.3 Å². The van der Waals surface area contributed by atoms with Gasteiger partial charge < -0.3 is 10.1 Å². The Kier molecular flexibility index (Phi) is 9.34. The number of hydrogen-bond acceptors (Lipinski definition) is 3. The number of carbonyl (C=O) groups is 1. The molecule has 0 bridgehead atoms. The molecule has 118 valence electrons. The molecule has 0 atom stereocenters. The highest BCUT2D eigenvalue weighted by Gasteiger charge is 2.02. The molecule has 0 aliphatic rings. The minimum absolute atomic E-state index is 0.108. The number of hydrogen-bond donors (Lipinski definition) is 1. The molecule has 1 rings (SSSR count). The Morgan fingerprint density at radius 1 is 1.05 bits per heavy atom. The highest BCUT2D eigenvalue weighted by molar-refractivity contribution is 5.70. The molecule has 0 unspecified atom stereocenters. The molecule has 1 N–H and O–H groups in total. The van der Waals surface area contributed by atoms with Gasteiger partial charge in [-0.05, 0) is 25.5 Å². The van der Waals surface area contributed by atoms with Crippen LogP contribution in [0.3, 0.4) is 0 Å². The van der Waals surface area contributed by atoms with Crippen LogP contribution in [-0.4, -0.2) is 19.1 Å². The number of anilines is 1. The minimum atomic E-state index is -0.108. The van der Waals surface area contributed by atoms with E-state index in [9.17, 15) is 4.79 Å². The first-order valence-electron chi connectivity index (χ1n) is 8.18. The van der Waals surface area contributed by atoms with Crippen molar-refractivity contribution in [1.29, 1.82) is 0 Å². The third-order valence-electron chi connectivity index (χ3n) is 3.47. The van der Waals surface area contributed by atoms with Crippen LogP contribution >= 0.6 is 0 Å². The molecule has 0 heterocycles. The number of ether oxygens (including phenoxy) is 1. The molecule has 21 heavy (non-hydrogen) atoms. The van der Waals surface area contributed by atoms with E-state index in [1.165, 1.54) is 31.2 Å². The highest BCUT2D eigenvalue weighted by Crippen LogP contribution is 2.08. The lowest BCUT2D eigenvalue weighted by molar-refractivity contribution is -0.143. The molecule has 0 aliphatic carbocycles. The van der Waals surface area contributed by atoms with E-state index in [-0.39, 0.29) is 5.97 Å². The quantitative estimate of drug-likeness (QED) is 0.474. The van der Waals surface area contributed by atoms with Crippen molar-refractivity contribution < 1.29 is 9.53 Å². The van der Waals surface area contributed by atoms with Gasteiger partial charge in [-0.1, -0.05) is 56.7 Å². The van der Waals surface area contributed by atoms with Crippen LogP contribution in [0.4, 0.5) is 5.69 Å². The average Bonchev–Trinajstić information content (AvgIpc) is 2.48. The van der Waals surface area contributed by atoms with Gasteiger partial charge in [-0.3, -0.25) is 4.79 Å². The summed E-state index contributed by atoms with van der Waals surface area (Å²) in [5.41, 5.74) is 2.28. The van der Waals surface area contributed by atoms with Gasteiger partial charge in [0.25, 0.3) is 0 Å². The molecule has 0 aliphatic heterocycles. The van der Waals surface area contributed by atoms with E-state index in [1.807, 2.05) is 12.1 Å². The summed E-state index contributed by atoms with van der Waals surface area (Å²) in [6.45, 7) is 5.46. The van der Waals surface area contributed by atoms with Crippen molar-refractivity contribution in [3.8, 4) is 0 Å². The largest absolute Gasteiger partial charge is 0.466 e. The molecule has 3 nitrogen and oxygen atoms in total. The monoisotopic (exact) mass is 291 g/mol. The fourth-order valence-corrected chi connectivity index (χ4v) is 2.12. The van der Waals surface area contributed by atoms with Gasteiger partial charge in [0.2, 0.25) is 0 Å². The Labute approximate surface area is 129 Å². The minimum Gasteiger partial charge on any atom is -0.466 e. The van der Waals surface area contributed by atoms with E-state index < -0.39 is 0 Å². The first-order chi connectivity index (χ1) is 10.2. The zero-order valence-corrected chi connectivity index (χ0v) is 13.5. The molecule has 0 saturated carbocycles. The third-order valence-corrected chi connectivity index (χ3v) is 3.47. The lowest BCUT2D eigenvalue weighted by Crippen LogP contribution is -2.12. The Hall–Kier alpha value is -1.51. The summed E-state index contributed by atoms with van der Waals surface area (Å²) in [6, 6.07) is 8.16. The van der Waals surface area contributed by atoms with Crippen molar-refractivity contribution in [2.75, 3.05) is 18.5 Å².